The first-order valence-corrected chi connectivity index (χ1v) is 11.4. The third-order valence-electron chi connectivity index (χ3n) is 6.10. The van der Waals surface area contributed by atoms with Crippen molar-refractivity contribution >= 4 is 17.5 Å². The number of hydrogen-bond acceptors (Lipinski definition) is 7. The van der Waals surface area contributed by atoms with Crippen LogP contribution in [0.15, 0.2) is 30.6 Å². The van der Waals surface area contributed by atoms with Crippen LogP contribution >= 0.6 is 0 Å². The first kappa shape index (κ1) is 26.6. The van der Waals surface area contributed by atoms with Gasteiger partial charge in [0.25, 0.3) is 0 Å². The van der Waals surface area contributed by atoms with E-state index in [0.717, 1.165) is 12.1 Å². The molecule has 0 unspecified atom stereocenters. The summed E-state index contributed by atoms with van der Waals surface area (Å²) >= 11 is 0. The van der Waals surface area contributed by atoms with E-state index in [1.807, 2.05) is 4.90 Å². The number of likely N-dealkylation sites (tertiary alicyclic amines) is 1. The first-order chi connectivity index (χ1) is 16.6. The summed E-state index contributed by atoms with van der Waals surface area (Å²) in [5, 5.41) is 13.3. The maximum Gasteiger partial charge on any atom is 0.416 e. The summed E-state index contributed by atoms with van der Waals surface area (Å²) in [7, 11) is 0. The highest BCUT2D eigenvalue weighted by molar-refractivity contribution is 5.75. The summed E-state index contributed by atoms with van der Waals surface area (Å²) in [5.41, 5.74) is 5.05. The number of halogens is 4. The number of carbonyl (C=O) groups is 1. The Labute approximate surface area is 201 Å². The van der Waals surface area contributed by atoms with E-state index in [4.69, 9.17) is 5.73 Å². The fourth-order valence-corrected chi connectivity index (χ4v) is 4.18. The third-order valence-corrected chi connectivity index (χ3v) is 6.10. The molecular formula is C23H30F4N6O2. The number of hydrogen-bond donors (Lipinski definition) is 3. The smallest absolute Gasteiger partial charge is 0.392 e. The predicted molar refractivity (Wildman–Crippen MR) is 123 cm³/mol. The van der Waals surface area contributed by atoms with Gasteiger partial charge in [-0.1, -0.05) is 12.1 Å². The number of rotatable bonds is 10. The lowest BCUT2D eigenvalue weighted by molar-refractivity contribution is -0.137. The summed E-state index contributed by atoms with van der Waals surface area (Å²) in [6, 6.07) is 4.73. The molecule has 3 rings (SSSR count). The Balaban J connectivity index is 1.59. The molecule has 2 atom stereocenters. The Bertz CT molecular complexity index is 989. The summed E-state index contributed by atoms with van der Waals surface area (Å²) in [6.45, 7) is 3.84. The molecule has 1 fully saturated rings. The van der Waals surface area contributed by atoms with Gasteiger partial charge in [0.1, 0.15) is 6.33 Å². The minimum Gasteiger partial charge on any atom is -0.392 e. The maximum atomic E-state index is 15.2. The molecule has 0 saturated carbocycles. The summed E-state index contributed by atoms with van der Waals surface area (Å²) in [6.07, 6.45) is -2.54. The van der Waals surface area contributed by atoms with E-state index in [1.54, 1.807) is 11.8 Å². The standard InChI is InChI=1S/C23H30F4N6O2/c1-2-33(11-15-3-5-17(6-4-15)23(25,26)27)22-20(24)21(30-14-31-22)29-9-7-16-8-10-32(12-18(16)34)13-19(28)35/h3-6,14,16,18,34H,2,7-13H2,1H3,(H2,28,35)(H,29,30,31)/t16-,18-/m0/s1. The lowest BCUT2D eigenvalue weighted by atomic mass is 9.91. The summed E-state index contributed by atoms with van der Waals surface area (Å²) < 4.78 is 53.6. The van der Waals surface area contributed by atoms with Crippen molar-refractivity contribution < 1.29 is 27.5 Å². The lowest BCUT2D eigenvalue weighted by Gasteiger charge is -2.35. The van der Waals surface area contributed by atoms with Crippen LogP contribution in [0, 0.1) is 11.7 Å². The van der Waals surface area contributed by atoms with Gasteiger partial charge in [-0.2, -0.15) is 17.6 Å². The topological polar surface area (TPSA) is 108 Å². The van der Waals surface area contributed by atoms with Crippen molar-refractivity contribution in [3.8, 4) is 0 Å². The molecule has 1 aliphatic rings. The molecule has 8 nitrogen and oxygen atoms in total. The molecule has 12 heteroatoms. The molecule has 1 aliphatic heterocycles. The second-order valence-electron chi connectivity index (χ2n) is 8.60. The number of β-amino-alcohol motifs (C(OH)–C–C–N with tert-alkyl or cyclic N) is 1. The number of nitrogens with one attached hydrogen (secondary N) is 1. The number of nitrogens with two attached hydrogens (primary N) is 1. The molecule has 1 saturated heterocycles. The fourth-order valence-electron chi connectivity index (χ4n) is 4.18. The van der Waals surface area contributed by atoms with E-state index >= 15 is 4.39 Å². The summed E-state index contributed by atoms with van der Waals surface area (Å²) in [5.74, 6) is -1.04. The van der Waals surface area contributed by atoms with Gasteiger partial charge in [-0.05, 0) is 49.9 Å². The van der Waals surface area contributed by atoms with Crippen molar-refractivity contribution in [3.05, 3.63) is 47.5 Å². The van der Waals surface area contributed by atoms with Gasteiger partial charge >= 0.3 is 6.18 Å². The fraction of sp³-hybridized carbons (Fsp3) is 0.522. The number of carbonyl (C=O) groups excluding carboxylic acids is 1. The first-order valence-electron chi connectivity index (χ1n) is 11.4. The highest BCUT2D eigenvalue weighted by Crippen LogP contribution is 2.30. The summed E-state index contributed by atoms with van der Waals surface area (Å²) in [4.78, 5) is 22.5. The van der Waals surface area contributed by atoms with E-state index in [0.29, 0.717) is 44.6 Å². The molecule has 2 aromatic rings. The average Bonchev–Trinajstić information content (AvgIpc) is 2.79. The van der Waals surface area contributed by atoms with Gasteiger partial charge in [-0.3, -0.25) is 9.69 Å². The van der Waals surface area contributed by atoms with Crippen LogP contribution in [0.3, 0.4) is 0 Å². The molecule has 0 aliphatic carbocycles. The minimum atomic E-state index is -4.42. The Morgan fingerprint density at radius 1 is 1.29 bits per heavy atom. The van der Waals surface area contributed by atoms with Gasteiger partial charge in [0.2, 0.25) is 11.7 Å². The molecule has 192 valence electrons. The number of nitrogens with zero attached hydrogens (tertiary/aromatic N) is 4. The van der Waals surface area contributed by atoms with Crippen molar-refractivity contribution in [2.24, 2.45) is 11.7 Å². The lowest BCUT2D eigenvalue weighted by Crippen LogP contribution is -2.47. The van der Waals surface area contributed by atoms with Crippen molar-refractivity contribution in [2.75, 3.05) is 42.9 Å². The van der Waals surface area contributed by atoms with Crippen LogP contribution in [0.5, 0.6) is 0 Å². The van der Waals surface area contributed by atoms with Crippen LogP contribution in [-0.2, 0) is 17.5 Å². The molecule has 4 N–H and O–H groups in total. The highest BCUT2D eigenvalue weighted by Gasteiger charge is 2.30. The zero-order valence-electron chi connectivity index (χ0n) is 19.4. The van der Waals surface area contributed by atoms with Crippen molar-refractivity contribution in [1.29, 1.82) is 0 Å². The molecule has 0 bridgehead atoms. The quantitative estimate of drug-likeness (QED) is 0.433. The largest absolute Gasteiger partial charge is 0.416 e. The second kappa shape index (κ2) is 11.6. The van der Waals surface area contributed by atoms with Gasteiger partial charge in [0, 0.05) is 26.2 Å². The highest BCUT2D eigenvalue weighted by atomic mass is 19.4. The Morgan fingerprint density at radius 3 is 2.60 bits per heavy atom. The van der Waals surface area contributed by atoms with E-state index < -0.39 is 29.6 Å². The van der Waals surface area contributed by atoms with Crippen LogP contribution in [0.1, 0.15) is 30.9 Å². The van der Waals surface area contributed by atoms with Crippen LogP contribution in [0.4, 0.5) is 29.2 Å². The number of amides is 1. The van der Waals surface area contributed by atoms with E-state index in [9.17, 15) is 23.1 Å². The van der Waals surface area contributed by atoms with E-state index in [1.165, 1.54) is 18.5 Å². The minimum absolute atomic E-state index is 0.0113. The number of anilines is 2. The molecule has 0 radical (unpaired) electrons. The van der Waals surface area contributed by atoms with Crippen molar-refractivity contribution in [1.82, 2.24) is 14.9 Å². The average molecular weight is 499 g/mol. The SMILES string of the molecule is CCN(Cc1ccc(C(F)(F)F)cc1)c1ncnc(NCC[C@H]2CCN(CC(N)=O)C[C@@H]2O)c1F. The maximum absolute atomic E-state index is 15.2. The van der Waals surface area contributed by atoms with Gasteiger partial charge in [-0.25, -0.2) is 9.97 Å². The van der Waals surface area contributed by atoms with E-state index in [2.05, 4.69) is 15.3 Å². The Morgan fingerprint density at radius 2 is 2.00 bits per heavy atom. The number of aromatic nitrogens is 2. The van der Waals surface area contributed by atoms with Gasteiger partial charge in [0.15, 0.2) is 11.6 Å². The Hall–Kier alpha value is -2.99. The molecular weight excluding hydrogens is 468 g/mol. The van der Waals surface area contributed by atoms with Crippen LogP contribution < -0.4 is 16.0 Å². The van der Waals surface area contributed by atoms with Gasteiger partial charge in [0.05, 0.1) is 18.2 Å². The molecule has 1 aromatic heterocycles. The van der Waals surface area contributed by atoms with Crippen molar-refractivity contribution in [3.63, 3.8) is 0 Å². The molecule has 1 aromatic carbocycles. The van der Waals surface area contributed by atoms with Gasteiger partial charge in [-0.15, -0.1) is 0 Å². The second-order valence-corrected chi connectivity index (χ2v) is 8.60. The predicted octanol–water partition coefficient (Wildman–Crippen LogP) is 2.63. The number of alkyl halides is 3. The number of aliphatic hydroxyl groups excluding tert-OH is 1. The third kappa shape index (κ3) is 7.25. The van der Waals surface area contributed by atoms with Crippen LogP contribution in [0.2, 0.25) is 0 Å². The zero-order chi connectivity index (χ0) is 25.6. The Kier molecular flexibility index (Phi) is 8.84. The number of benzene rings is 1. The number of aliphatic hydroxyl groups is 1. The number of piperidine rings is 1. The normalized spacial score (nSPS) is 18.9. The van der Waals surface area contributed by atoms with E-state index in [-0.39, 0.29) is 30.6 Å². The monoisotopic (exact) mass is 498 g/mol. The van der Waals surface area contributed by atoms with Crippen LogP contribution in [-0.4, -0.2) is 64.7 Å². The van der Waals surface area contributed by atoms with Crippen LogP contribution in [0.25, 0.3) is 0 Å². The molecule has 0 spiro atoms. The number of primary amides is 1. The van der Waals surface area contributed by atoms with Gasteiger partial charge < -0.3 is 21.1 Å². The molecule has 1 amide bonds. The zero-order valence-corrected chi connectivity index (χ0v) is 19.4. The van der Waals surface area contributed by atoms with Crippen molar-refractivity contribution in [2.45, 2.75) is 38.6 Å². The molecule has 35 heavy (non-hydrogen) atoms. The molecule has 2 heterocycles.